The summed E-state index contributed by atoms with van der Waals surface area (Å²) in [6.45, 7) is 0. The molecule has 0 atom stereocenters. The van der Waals surface area contributed by atoms with Gasteiger partial charge in [0.1, 0.15) is 6.29 Å². The van der Waals surface area contributed by atoms with E-state index in [4.69, 9.17) is 11.6 Å². The van der Waals surface area contributed by atoms with E-state index in [9.17, 15) is 9.59 Å². The Morgan fingerprint density at radius 2 is 2.19 bits per heavy atom. The Hall–Kier alpha value is -1.35. The summed E-state index contributed by atoms with van der Waals surface area (Å²) < 4.78 is 4.59. The number of halogens is 1. The lowest BCUT2D eigenvalue weighted by molar-refractivity contribution is -0.109. The molecule has 1 saturated carbocycles. The first-order valence-corrected chi connectivity index (χ1v) is 5.35. The lowest BCUT2D eigenvalue weighted by Gasteiger charge is -2.09. The van der Waals surface area contributed by atoms with Crippen LogP contribution in [0.1, 0.15) is 28.8 Å². The van der Waals surface area contributed by atoms with Crippen molar-refractivity contribution in [3.8, 4) is 0 Å². The maximum absolute atomic E-state index is 11.3. The predicted octanol–water partition coefficient (Wildman–Crippen LogP) is 2.36. The zero-order chi connectivity index (χ0) is 11.8. The molecule has 1 fully saturated rings. The molecule has 3 nitrogen and oxygen atoms in total. The second kappa shape index (κ2) is 3.91. The molecule has 0 N–H and O–H groups in total. The van der Waals surface area contributed by atoms with Gasteiger partial charge in [0.2, 0.25) is 0 Å². The number of hydrogen-bond donors (Lipinski definition) is 0. The first-order valence-electron chi connectivity index (χ1n) is 4.97. The molecule has 0 unspecified atom stereocenters. The van der Waals surface area contributed by atoms with Crippen LogP contribution in [0.25, 0.3) is 0 Å². The van der Waals surface area contributed by atoms with Gasteiger partial charge in [0.15, 0.2) is 0 Å². The van der Waals surface area contributed by atoms with Gasteiger partial charge in [-0.25, -0.2) is 4.79 Å². The number of benzene rings is 1. The van der Waals surface area contributed by atoms with Crippen molar-refractivity contribution in [1.29, 1.82) is 0 Å². The highest BCUT2D eigenvalue weighted by Crippen LogP contribution is 2.46. The number of methoxy groups -OCH3 is 1. The van der Waals surface area contributed by atoms with Gasteiger partial charge in [0, 0.05) is 0 Å². The van der Waals surface area contributed by atoms with E-state index in [1.807, 2.05) is 0 Å². The van der Waals surface area contributed by atoms with Gasteiger partial charge in [0.05, 0.1) is 23.1 Å². The average Bonchev–Trinajstić information content (AvgIpc) is 3.09. The van der Waals surface area contributed by atoms with Crippen molar-refractivity contribution >= 4 is 23.9 Å². The van der Waals surface area contributed by atoms with Crippen LogP contribution < -0.4 is 0 Å². The molecule has 0 aliphatic heterocycles. The largest absolute Gasteiger partial charge is 0.465 e. The monoisotopic (exact) mass is 238 g/mol. The molecule has 1 aliphatic carbocycles. The molecule has 1 aromatic rings. The first kappa shape index (κ1) is 11.1. The van der Waals surface area contributed by atoms with Gasteiger partial charge in [-0.3, -0.25) is 0 Å². The van der Waals surface area contributed by atoms with Crippen molar-refractivity contribution in [2.75, 3.05) is 7.11 Å². The van der Waals surface area contributed by atoms with Crippen LogP contribution >= 0.6 is 11.6 Å². The van der Waals surface area contributed by atoms with Crippen LogP contribution in [0, 0.1) is 0 Å². The quantitative estimate of drug-likeness (QED) is 0.600. The Balaban J connectivity index is 2.37. The number of rotatable bonds is 3. The number of ether oxygens (including phenoxy) is 1. The molecule has 16 heavy (non-hydrogen) atoms. The second-order valence-corrected chi connectivity index (χ2v) is 4.37. The summed E-state index contributed by atoms with van der Waals surface area (Å²) in [6, 6.07) is 5.04. The second-order valence-electron chi connectivity index (χ2n) is 3.96. The molecule has 0 saturated heterocycles. The zero-order valence-corrected chi connectivity index (χ0v) is 9.58. The summed E-state index contributed by atoms with van der Waals surface area (Å²) in [6.07, 6.45) is 2.66. The molecular weight excluding hydrogens is 228 g/mol. The molecule has 0 bridgehead atoms. The lowest BCUT2D eigenvalue weighted by Crippen LogP contribution is -2.09. The van der Waals surface area contributed by atoms with Crippen molar-refractivity contribution < 1.29 is 14.3 Å². The molecule has 0 aromatic heterocycles. The van der Waals surface area contributed by atoms with Crippen molar-refractivity contribution in [1.82, 2.24) is 0 Å². The molecular formula is C12H11ClO3. The number of aldehydes is 1. The van der Waals surface area contributed by atoms with E-state index in [-0.39, 0.29) is 5.41 Å². The normalized spacial score (nSPS) is 16.6. The molecule has 4 heteroatoms. The number of carbonyl (C=O) groups excluding carboxylic acids is 2. The van der Waals surface area contributed by atoms with Crippen LogP contribution in [0.3, 0.4) is 0 Å². The van der Waals surface area contributed by atoms with E-state index < -0.39 is 5.97 Å². The van der Waals surface area contributed by atoms with E-state index in [0.717, 1.165) is 24.7 Å². The zero-order valence-electron chi connectivity index (χ0n) is 8.83. The lowest BCUT2D eigenvalue weighted by atomic mass is 9.96. The Bertz CT molecular complexity index is 450. The molecule has 2 rings (SSSR count). The summed E-state index contributed by atoms with van der Waals surface area (Å²) in [5, 5.41) is 0.331. The van der Waals surface area contributed by atoms with Crippen LogP contribution in [-0.2, 0) is 14.9 Å². The summed E-state index contributed by atoms with van der Waals surface area (Å²) in [5.74, 6) is -0.465. The fourth-order valence-corrected chi connectivity index (χ4v) is 1.97. The Morgan fingerprint density at radius 1 is 1.50 bits per heavy atom. The highest BCUT2D eigenvalue weighted by molar-refractivity contribution is 6.33. The molecule has 0 amide bonds. The van der Waals surface area contributed by atoms with Crippen molar-refractivity contribution in [2.24, 2.45) is 0 Å². The minimum atomic E-state index is -0.465. The van der Waals surface area contributed by atoms with Gasteiger partial charge in [-0.1, -0.05) is 17.7 Å². The molecule has 1 aliphatic rings. The van der Waals surface area contributed by atoms with E-state index >= 15 is 0 Å². The molecule has 84 valence electrons. The van der Waals surface area contributed by atoms with Gasteiger partial charge in [-0.2, -0.15) is 0 Å². The third-order valence-electron chi connectivity index (χ3n) is 2.96. The van der Waals surface area contributed by atoms with Crippen LogP contribution in [0.2, 0.25) is 5.02 Å². The van der Waals surface area contributed by atoms with Crippen molar-refractivity contribution in [3.63, 3.8) is 0 Å². The Kier molecular flexibility index (Phi) is 2.72. The molecule has 0 radical (unpaired) electrons. The first-order chi connectivity index (χ1) is 7.63. The minimum absolute atomic E-state index is 0.328. The summed E-state index contributed by atoms with van der Waals surface area (Å²) >= 11 is 5.98. The van der Waals surface area contributed by atoms with Crippen LogP contribution in [0.5, 0.6) is 0 Å². The van der Waals surface area contributed by atoms with Crippen molar-refractivity contribution in [3.05, 3.63) is 34.3 Å². The highest BCUT2D eigenvalue weighted by Gasteiger charge is 2.44. The summed E-state index contributed by atoms with van der Waals surface area (Å²) in [7, 11) is 1.31. The van der Waals surface area contributed by atoms with Gasteiger partial charge < -0.3 is 9.53 Å². The standard InChI is InChI=1S/C12H11ClO3/c1-16-11(15)9-3-2-8(6-10(9)13)12(7-14)4-5-12/h2-3,6-7H,4-5H2,1H3. The summed E-state index contributed by atoms with van der Waals surface area (Å²) in [5.41, 5.74) is 0.841. The van der Waals surface area contributed by atoms with E-state index in [1.165, 1.54) is 7.11 Å². The van der Waals surface area contributed by atoms with Crippen LogP contribution in [0.4, 0.5) is 0 Å². The van der Waals surface area contributed by atoms with E-state index in [2.05, 4.69) is 4.74 Å². The average molecular weight is 239 g/mol. The third kappa shape index (κ3) is 1.71. The van der Waals surface area contributed by atoms with Gasteiger partial charge in [-0.15, -0.1) is 0 Å². The summed E-state index contributed by atoms with van der Waals surface area (Å²) in [4.78, 5) is 22.2. The highest BCUT2D eigenvalue weighted by atomic mass is 35.5. The topological polar surface area (TPSA) is 43.4 Å². The number of esters is 1. The van der Waals surface area contributed by atoms with Crippen LogP contribution in [-0.4, -0.2) is 19.4 Å². The Labute approximate surface area is 98.4 Å². The SMILES string of the molecule is COC(=O)c1ccc(C2(C=O)CC2)cc1Cl. The maximum Gasteiger partial charge on any atom is 0.339 e. The predicted molar refractivity (Wildman–Crippen MR) is 59.8 cm³/mol. The Morgan fingerprint density at radius 3 is 2.62 bits per heavy atom. The van der Waals surface area contributed by atoms with E-state index in [0.29, 0.717) is 10.6 Å². The number of hydrogen-bond acceptors (Lipinski definition) is 3. The van der Waals surface area contributed by atoms with Crippen LogP contribution in [0.15, 0.2) is 18.2 Å². The van der Waals surface area contributed by atoms with Gasteiger partial charge in [-0.05, 0) is 30.5 Å². The molecule has 1 aromatic carbocycles. The van der Waals surface area contributed by atoms with Gasteiger partial charge in [0.25, 0.3) is 0 Å². The third-order valence-corrected chi connectivity index (χ3v) is 3.28. The number of carbonyl (C=O) groups is 2. The fraction of sp³-hybridized carbons (Fsp3) is 0.333. The van der Waals surface area contributed by atoms with Crippen molar-refractivity contribution in [2.45, 2.75) is 18.3 Å². The molecule has 0 heterocycles. The van der Waals surface area contributed by atoms with Gasteiger partial charge >= 0.3 is 5.97 Å². The smallest absolute Gasteiger partial charge is 0.339 e. The fourth-order valence-electron chi connectivity index (χ4n) is 1.71. The maximum atomic E-state index is 11.3. The molecule has 0 spiro atoms. The van der Waals surface area contributed by atoms with E-state index in [1.54, 1.807) is 18.2 Å². The minimum Gasteiger partial charge on any atom is -0.465 e.